The molecule has 82 heavy (non-hydrogen) atoms. The summed E-state index contributed by atoms with van der Waals surface area (Å²) < 4.78 is 146. The van der Waals surface area contributed by atoms with E-state index in [-0.39, 0.29) is 58.3 Å². The molecule has 7 heterocycles. The number of rotatable bonds is 12. The first kappa shape index (κ1) is 65.9. The maximum atomic E-state index is 14.8. The van der Waals surface area contributed by atoms with E-state index in [0.717, 1.165) is 36.7 Å². The number of benzene rings is 2. The number of hydrogen-bond acceptors (Lipinski definition) is 16. The molecule has 6 aromatic heterocycles. The number of aryl methyl sites for hydroxylation is 2. The number of halogens is 9. The highest BCUT2D eigenvalue weighted by atomic mass is 35.5. The van der Waals surface area contributed by atoms with Gasteiger partial charge in [0.2, 0.25) is 0 Å². The molecule has 0 spiro atoms. The molecule has 0 radical (unpaired) electrons. The van der Waals surface area contributed by atoms with Crippen molar-refractivity contribution in [2.75, 3.05) is 10.6 Å². The van der Waals surface area contributed by atoms with Gasteiger partial charge in [-0.1, -0.05) is 49.7 Å². The van der Waals surface area contributed by atoms with Crippen LogP contribution in [0.25, 0.3) is 11.1 Å². The molecule has 28 heteroatoms. The molecule has 1 fully saturated rings. The van der Waals surface area contributed by atoms with E-state index < -0.39 is 94.2 Å². The SMILES string of the molecule is C.C.Cc1c(B2OC(C)(C)C(C)(C)O2)cnc(Cl)c1CS(=O)(=O)c1ccc(F)cc1F.Cc1nccc(Nc2cc(-c3cnc(Cl)c(CS(=O)(=O)c4ccc(F)cc4F)c3C)c(F)cn2)n1.Cc1nccc(Nc2cc(Cl)c(F)cn2)n1. The maximum absolute atomic E-state index is 14.8. The maximum Gasteiger partial charge on any atom is 0.496 e. The Labute approximate surface area is 486 Å². The predicted octanol–water partition coefficient (Wildman–Crippen LogP) is 12.9. The smallest absolute Gasteiger partial charge is 0.399 e. The van der Waals surface area contributed by atoms with Gasteiger partial charge in [0.1, 0.15) is 84.1 Å². The van der Waals surface area contributed by atoms with Crippen LogP contribution in [0.3, 0.4) is 0 Å². The average Bonchev–Trinajstić information content (AvgIpc) is 3.87. The molecule has 0 saturated carbocycles. The molecule has 1 saturated heterocycles. The summed E-state index contributed by atoms with van der Waals surface area (Å²) in [5.41, 5.74) is 0.827. The van der Waals surface area contributed by atoms with Crippen molar-refractivity contribution < 1.29 is 52.5 Å². The third-order valence-electron chi connectivity index (χ3n) is 12.5. The minimum atomic E-state index is -4.27. The van der Waals surface area contributed by atoms with Crippen LogP contribution in [0.15, 0.2) is 108 Å². The number of pyridine rings is 4. The fourth-order valence-corrected chi connectivity index (χ4v) is 11.4. The summed E-state index contributed by atoms with van der Waals surface area (Å²) >= 11 is 18.0. The van der Waals surface area contributed by atoms with Gasteiger partial charge in [0.15, 0.2) is 25.5 Å². The van der Waals surface area contributed by atoms with Gasteiger partial charge >= 0.3 is 7.12 Å². The molecule has 0 amide bonds. The Kier molecular flexibility index (Phi) is 21.4. The third kappa shape index (κ3) is 15.6. The first-order valence-corrected chi connectivity index (χ1v) is 28.0. The van der Waals surface area contributed by atoms with Crippen LogP contribution in [0.4, 0.5) is 49.6 Å². The zero-order chi connectivity index (χ0) is 58.6. The molecule has 16 nitrogen and oxygen atoms in total. The Morgan fingerprint density at radius 3 is 1.40 bits per heavy atom. The first-order valence-electron chi connectivity index (χ1n) is 23.5. The van der Waals surface area contributed by atoms with E-state index in [1.807, 2.05) is 27.7 Å². The van der Waals surface area contributed by atoms with Gasteiger partial charge in [-0.05, 0) is 109 Å². The number of aromatic nitrogens is 8. The van der Waals surface area contributed by atoms with E-state index in [4.69, 9.17) is 44.1 Å². The Bertz CT molecular complexity index is 3880. The zero-order valence-electron chi connectivity index (χ0n) is 43.5. The third-order valence-corrected chi connectivity index (χ3v) is 16.8. The minimum absolute atomic E-state index is 0. The Morgan fingerprint density at radius 2 is 0.951 bits per heavy atom. The second-order valence-electron chi connectivity index (χ2n) is 18.7. The van der Waals surface area contributed by atoms with Crippen LogP contribution in [0.2, 0.25) is 15.3 Å². The molecule has 434 valence electrons. The molecule has 0 aliphatic carbocycles. The summed E-state index contributed by atoms with van der Waals surface area (Å²) in [7, 11) is -9.16. The summed E-state index contributed by atoms with van der Waals surface area (Å²) in [6.45, 7) is 14.3. The average molecular weight is 1230 g/mol. The molecule has 2 aromatic carbocycles. The quantitative estimate of drug-likeness (QED) is 0.0503. The van der Waals surface area contributed by atoms with E-state index in [1.165, 1.54) is 24.5 Å². The highest BCUT2D eigenvalue weighted by molar-refractivity contribution is 7.91. The highest BCUT2D eigenvalue weighted by Gasteiger charge is 2.52. The van der Waals surface area contributed by atoms with Crippen molar-refractivity contribution in [2.24, 2.45) is 0 Å². The van der Waals surface area contributed by atoms with Crippen molar-refractivity contribution in [3.05, 3.63) is 182 Å². The molecule has 8 aromatic rings. The number of nitrogens with one attached hydrogen (secondary N) is 2. The lowest BCUT2D eigenvalue weighted by Crippen LogP contribution is -2.41. The van der Waals surface area contributed by atoms with Crippen LogP contribution in [0.1, 0.15) is 76.5 Å². The lowest BCUT2D eigenvalue weighted by molar-refractivity contribution is 0.00578. The Hall–Kier alpha value is -6.87. The van der Waals surface area contributed by atoms with Gasteiger partial charge in [0.25, 0.3) is 0 Å². The van der Waals surface area contributed by atoms with E-state index in [2.05, 4.69) is 50.5 Å². The molecular formula is C54H54BCl3F6N10O6S2. The molecule has 2 N–H and O–H groups in total. The lowest BCUT2D eigenvalue weighted by atomic mass is 9.76. The van der Waals surface area contributed by atoms with E-state index in [0.29, 0.717) is 57.8 Å². The summed E-state index contributed by atoms with van der Waals surface area (Å²) in [5.74, 6) is -3.80. The fraction of sp³-hybridized carbons (Fsp3) is 0.259. The second-order valence-corrected chi connectivity index (χ2v) is 23.7. The van der Waals surface area contributed by atoms with Crippen molar-refractivity contribution in [2.45, 2.75) is 103 Å². The van der Waals surface area contributed by atoms with Crippen molar-refractivity contribution in [3.63, 3.8) is 0 Å². The number of anilines is 4. The Morgan fingerprint density at radius 1 is 0.512 bits per heavy atom. The molecule has 0 unspecified atom stereocenters. The van der Waals surface area contributed by atoms with Gasteiger partial charge in [-0.25, -0.2) is 83.0 Å². The molecule has 1 aliphatic heterocycles. The summed E-state index contributed by atoms with van der Waals surface area (Å²) in [6.07, 6.45) is 8.02. The zero-order valence-corrected chi connectivity index (χ0v) is 47.4. The van der Waals surface area contributed by atoms with Crippen molar-refractivity contribution in [1.29, 1.82) is 0 Å². The molecule has 0 bridgehead atoms. The van der Waals surface area contributed by atoms with Crippen molar-refractivity contribution >= 4 is 90.3 Å². The normalized spacial score (nSPS) is 13.4. The minimum Gasteiger partial charge on any atom is -0.399 e. The van der Waals surface area contributed by atoms with Crippen LogP contribution in [-0.4, -0.2) is 75.0 Å². The van der Waals surface area contributed by atoms with Crippen LogP contribution in [0.5, 0.6) is 0 Å². The topological polar surface area (TPSA) is 214 Å². The van der Waals surface area contributed by atoms with Gasteiger partial charge < -0.3 is 19.9 Å². The van der Waals surface area contributed by atoms with Gasteiger partial charge in [0, 0.05) is 70.7 Å². The van der Waals surface area contributed by atoms with Crippen LogP contribution in [-0.2, 0) is 40.5 Å². The van der Waals surface area contributed by atoms with Crippen LogP contribution in [0, 0.1) is 62.6 Å². The van der Waals surface area contributed by atoms with Gasteiger partial charge in [-0.3, -0.25) is 0 Å². The van der Waals surface area contributed by atoms with E-state index >= 15 is 0 Å². The molecule has 9 rings (SSSR count). The Balaban J connectivity index is 0.000000237. The number of sulfone groups is 2. The van der Waals surface area contributed by atoms with Crippen LogP contribution < -0.4 is 16.1 Å². The van der Waals surface area contributed by atoms with E-state index in [1.54, 1.807) is 52.2 Å². The summed E-state index contributed by atoms with van der Waals surface area (Å²) in [5, 5.41) is 5.71. The molecule has 0 atom stereocenters. The van der Waals surface area contributed by atoms with Crippen molar-refractivity contribution in [3.8, 4) is 11.1 Å². The fourth-order valence-electron chi connectivity index (χ4n) is 7.56. The molecule has 1 aliphatic rings. The lowest BCUT2D eigenvalue weighted by Gasteiger charge is -2.32. The summed E-state index contributed by atoms with van der Waals surface area (Å²) in [6, 6.07) is 10.6. The molecular weight excluding hydrogens is 1180 g/mol. The second kappa shape index (κ2) is 26.6. The number of nitrogens with zero attached hydrogens (tertiary/aromatic N) is 8. The van der Waals surface area contributed by atoms with E-state index in [9.17, 15) is 43.2 Å². The van der Waals surface area contributed by atoms with Crippen LogP contribution >= 0.6 is 34.8 Å². The van der Waals surface area contributed by atoms with Crippen molar-refractivity contribution in [1.82, 2.24) is 39.9 Å². The van der Waals surface area contributed by atoms with Gasteiger partial charge in [-0.2, -0.15) is 0 Å². The van der Waals surface area contributed by atoms with Gasteiger partial charge in [0.05, 0.1) is 40.1 Å². The predicted molar refractivity (Wildman–Crippen MR) is 304 cm³/mol. The van der Waals surface area contributed by atoms with Gasteiger partial charge in [-0.15, -0.1) is 0 Å². The largest absolute Gasteiger partial charge is 0.496 e. The standard InChI is InChI=1S/C23H17ClF3N5O2S.C19H21BClF2NO4S.C10H8ClFN4.2CH4/c1-12-16(15-8-22(29-10-19(15)27)32-21-5-6-28-13(2)31-21)9-30-23(24)17(12)11-35(33,34)20-4-3-14(25)7-18(20)26;1-11-13(10-29(25,26)16-7-6-12(22)8-15(16)23)17(21)24-9-14(11)20-27-18(2,3)19(4,5)28-20;1-6-13-3-2-9(15-6)16-10-4-7(11)8(12)5-14-10;;/h3-10H,11H2,1-2H3,(H,28,29,31,32);6-9H,10H2,1-5H3;2-5H,1H3,(H,13,14,15,16);2*1H4. The highest BCUT2D eigenvalue weighted by Crippen LogP contribution is 2.38. The summed E-state index contributed by atoms with van der Waals surface area (Å²) in [4.78, 5) is 31.0. The number of hydrogen-bond donors (Lipinski definition) is 2. The monoisotopic (exact) mass is 1230 g/mol. The first-order chi connectivity index (χ1) is 37.4.